The topological polar surface area (TPSA) is 64.6 Å². The SMILES string of the molecule is Cc1ccccc1NC(=O)COC(=O)c1ccccc1OCc1ccccc1. The van der Waals surface area contributed by atoms with Crippen LogP contribution in [0.25, 0.3) is 0 Å². The minimum absolute atomic E-state index is 0.280. The Kier molecular flexibility index (Phi) is 6.41. The predicted octanol–water partition coefficient (Wildman–Crippen LogP) is 4.37. The van der Waals surface area contributed by atoms with Gasteiger partial charge in [0.2, 0.25) is 0 Å². The maximum absolute atomic E-state index is 12.4. The smallest absolute Gasteiger partial charge is 0.342 e. The van der Waals surface area contributed by atoms with E-state index < -0.39 is 11.9 Å². The van der Waals surface area contributed by atoms with Crippen LogP contribution in [0.2, 0.25) is 0 Å². The van der Waals surface area contributed by atoms with Crippen molar-refractivity contribution in [1.82, 2.24) is 0 Å². The Morgan fingerprint density at radius 1 is 0.857 bits per heavy atom. The molecular weight excluding hydrogens is 354 g/mol. The van der Waals surface area contributed by atoms with E-state index in [1.165, 1.54) is 0 Å². The number of amides is 1. The highest BCUT2D eigenvalue weighted by Crippen LogP contribution is 2.20. The van der Waals surface area contributed by atoms with E-state index in [4.69, 9.17) is 9.47 Å². The molecule has 3 aromatic carbocycles. The summed E-state index contributed by atoms with van der Waals surface area (Å²) in [6.07, 6.45) is 0. The zero-order valence-corrected chi connectivity index (χ0v) is 15.6. The van der Waals surface area contributed by atoms with E-state index in [0.29, 0.717) is 18.0 Å². The first-order chi connectivity index (χ1) is 13.6. The molecule has 0 saturated heterocycles. The second-order valence-electron chi connectivity index (χ2n) is 6.21. The number of esters is 1. The molecule has 0 unspecified atom stereocenters. The van der Waals surface area contributed by atoms with Crippen molar-refractivity contribution in [2.75, 3.05) is 11.9 Å². The first-order valence-electron chi connectivity index (χ1n) is 8.92. The molecule has 28 heavy (non-hydrogen) atoms. The van der Waals surface area contributed by atoms with Crippen LogP contribution in [0.5, 0.6) is 5.75 Å². The predicted molar refractivity (Wildman–Crippen MR) is 107 cm³/mol. The lowest BCUT2D eigenvalue weighted by Crippen LogP contribution is -2.21. The first kappa shape index (κ1) is 19.2. The van der Waals surface area contributed by atoms with Crippen molar-refractivity contribution in [3.8, 4) is 5.75 Å². The molecule has 142 valence electrons. The summed E-state index contributed by atoms with van der Waals surface area (Å²) in [4.78, 5) is 24.5. The van der Waals surface area contributed by atoms with E-state index in [2.05, 4.69) is 5.32 Å². The maximum Gasteiger partial charge on any atom is 0.342 e. The molecule has 0 radical (unpaired) electrons. The summed E-state index contributed by atoms with van der Waals surface area (Å²) in [5.41, 5.74) is 2.89. The number of benzene rings is 3. The van der Waals surface area contributed by atoms with Crippen LogP contribution in [0.1, 0.15) is 21.5 Å². The second-order valence-corrected chi connectivity index (χ2v) is 6.21. The van der Waals surface area contributed by atoms with Crippen LogP contribution in [0, 0.1) is 6.92 Å². The Bertz CT molecular complexity index is 954. The van der Waals surface area contributed by atoms with Crippen LogP contribution >= 0.6 is 0 Å². The summed E-state index contributed by atoms with van der Waals surface area (Å²) in [6, 6.07) is 23.9. The highest BCUT2D eigenvalue weighted by molar-refractivity contribution is 5.97. The number of rotatable bonds is 7. The summed E-state index contributed by atoms with van der Waals surface area (Å²) < 4.78 is 10.9. The number of ether oxygens (including phenoxy) is 2. The minimum Gasteiger partial charge on any atom is -0.488 e. The lowest BCUT2D eigenvalue weighted by Gasteiger charge is -2.12. The molecule has 0 aliphatic rings. The molecule has 0 atom stereocenters. The first-order valence-corrected chi connectivity index (χ1v) is 8.92. The van der Waals surface area contributed by atoms with Gasteiger partial charge in [-0.1, -0.05) is 60.7 Å². The lowest BCUT2D eigenvalue weighted by molar-refractivity contribution is -0.119. The molecule has 5 heteroatoms. The Hall–Kier alpha value is -3.60. The van der Waals surface area contributed by atoms with Gasteiger partial charge in [-0.05, 0) is 36.2 Å². The van der Waals surface area contributed by atoms with Crippen molar-refractivity contribution in [3.63, 3.8) is 0 Å². The van der Waals surface area contributed by atoms with Crippen molar-refractivity contribution in [3.05, 3.63) is 95.6 Å². The van der Waals surface area contributed by atoms with E-state index in [1.807, 2.05) is 55.5 Å². The molecule has 0 spiro atoms. The summed E-state index contributed by atoms with van der Waals surface area (Å²) in [7, 11) is 0. The molecule has 5 nitrogen and oxygen atoms in total. The largest absolute Gasteiger partial charge is 0.488 e. The molecule has 0 heterocycles. The van der Waals surface area contributed by atoms with Gasteiger partial charge in [0.25, 0.3) is 5.91 Å². The third kappa shape index (κ3) is 5.20. The molecule has 0 aliphatic heterocycles. The number of carbonyl (C=O) groups excluding carboxylic acids is 2. The van der Waals surface area contributed by atoms with Gasteiger partial charge < -0.3 is 14.8 Å². The molecule has 0 saturated carbocycles. The fourth-order valence-corrected chi connectivity index (χ4v) is 2.60. The molecule has 0 aromatic heterocycles. The number of para-hydroxylation sites is 2. The van der Waals surface area contributed by atoms with Crippen molar-refractivity contribution in [1.29, 1.82) is 0 Å². The number of nitrogens with one attached hydrogen (secondary N) is 1. The van der Waals surface area contributed by atoms with E-state index in [9.17, 15) is 9.59 Å². The van der Waals surface area contributed by atoms with E-state index >= 15 is 0 Å². The summed E-state index contributed by atoms with van der Waals surface area (Å²) in [5, 5.41) is 2.73. The van der Waals surface area contributed by atoms with Gasteiger partial charge in [0.05, 0.1) is 0 Å². The molecule has 3 rings (SSSR count). The molecule has 1 amide bonds. The summed E-state index contributed by atoms with van der Waals surface area (Å²) >= 11 is 0. The average Bonchev–Trinajstić information content (AvgIpc) is 2.73. The van der Waals surface area contributed by atoms with E-state index in [0.717, 1.165) is 11.1 Å². The Balaban J connectivity index is 1.58. The van der Waals surface area contributed by atoms with Crippen LogP contribution in [0.3, 0.4) is 0 Å². The van der Waals surface area contributed by atoms with Crippen molar-refractivity contribution >= 4 is 17.6 Å². The average molecular weight is 375 g/mol. The Morgan fingerprint density at radius 3 is 2.32 bits per heavy atom. The van der Waals surface area contributed by atoms with Gasteiger partial charge >= 0.3 is 5.97 Å². The highest BCUT2D eigenvalue weighted by Gasteiger charge is 2.15. The molecule has 0 aliphatic carbocycles. The Labute approximate surface area is 163 Å². The van der Waals surface area contributed by atoms with Gasteiger partial charge in [-0.2, -0.15) is 0 Å². The van der Waals surface area contributed by atoms with E-state index in [-0.39, 0.29) is 12.2 Å². The van der Waals surface area contributed by atoms with Crippen molar-refractivity contribution < 1.29 is 19.1 Å². The van der Waals surface area contributed by atoms with Crippen molar-refractivity contribution in [2.45, 2.75) is 13.5 Å². The monoisotopic (exact) mass is 375 g/mol. The molecule has 1 N–H and O–H groups in total. The summed E-state index contributed by atoms with van der Waals surface area (Å²) in [6.45, 7) is 1.85. The van der Waals surface area contributed by atoms with Crippen LogP contribution in [-0.4, -0.2) is 18.5 Å². The Morgan fingerprint density at radius 2 is 1.54 bits per heavy atom. The number of hydrogen-bond acceptors (Lipinski definition) is 4. The quantitative estimate of drug-likeness (QED) is 0.623. The lowest BCUT2D eigenvalue weighted by atomic mass is 10.2. The van der Waals surface area contributed by atoms with E-state index in [1.54, 1.807) is 30.3 Å². The van der Waals surface area contributed by atoms with Crippen LogP contribution in [-0.2, 0) is 16.1 Å². The molecule has 3 aromatic rings. The van der Waals surface area contributed by atoms with Gasteiger partial charge in [-0.15, -0.1) is 0 Å². The fourth-order valence-electron chi connectivity index (χ4n) is 2.60. The third-order valence-corrected chi connectivity index (χ3v) is 4.10. The zero-order valence-electron chi connectivity index (χ0n) is 15.6. The molecule has 0 bridgehead atoms. The maximum atomic E-state index is 12.4. The normalized spacial score (nSPS) is 10.2. The van der Waals surface area contributed by atoms with Crippen LogP contribution < -0.4 is 10.1 Å². The van der Waals surface area contributed by atoms with Gasteiger partial charge in [0, 0.05) is 5.69 Å². The third-order valence-electron chi connectivity index (χ3n) is 4.10. The fraction of sp³-hybridized carbons (Fsp3) is 0.130. The van der Waals surface area contributed by atoms with Crippen LogP contribution in [0.4, 0.5) is 5.69 Å². The highest BCUT2D eigenvalue weighted by atomic mass is 16.5. The number of anilines is 1. The van der Waals surface area contributed by atoms with Crippen molar-refractivity contribution in [2.24, 2.45) is 0 Å². The van der Waals surface area contributed by atoms with Gasteiger partial charge in [0.15, 0.2) is 6.61 Å². The molecule has 0 fully saturated rings. The second kappa shape index (κ2) is 9.37. The number of aryl methyl sites for hydroxylation is 1. The van der Waals surface area contributed by atoms with Gasteiger partial charge in [0.1, 0.15) is 17.9 Å². The standard InChI is InChI=1S/C23H21NO4/c1-17-9-5-7-13-20(17)24-22(25)16-28-23(26)19-12-6-8-14-21(19)27-15-18-10-3-2-4-11-18/h2-14H,15-16H2,1H3,(H,24,25). The summed E-state index contributed by atoms with van der Waals surface area (Å²) in [5.74, 6) is -0.593. The van der Waals surface area contributed by atoms with Crippen LogP contribution in [0.15, 0.2) is 78.9 Å². The van der Waals surface area contributed by atoms with Gasteiger partial charge in [-0.3, -0.25) is 4.79 Å². The number of carbonyl (C=O) groups is 2. The minimum atomic E-state index is -0.608. The molecular formula is C23H21NO4. The zero-order chi connectivity index (χ0) is 19.8. The number of hydrogen-bond donors (Lipinski definition) is 1. The van der Waals surface area contributed by atoms with Gasteiger partial charge in [-0.25, -0.2) is 4.79 Å².